The summed E-state index contributed by atoms with van der Waals surface area (Å²) in [7, 11) is -3.55. The van der Waals surface area contributed by atoms with Gasteiger partial charge < -0.3 is 5.32 Å². The van der Waals surface area contributed by atoms with Gasteiger partial charge in [-0.2, -0.15) is 5.10 Å². The molecule has 0 saturated heterocycles. The number of hydrogen-bond acceptors (Lipinski definition) is 4. The van der Waals surface area contributed by atoms with Gasteiger partial charge in [0, 0.05) is 35.7 Å². The van der Waals surface area contributed by atoms with Crippen molar-refractivity contribution in [2.24, 2.45) is 0 Å². The molecule has 3 aromatic carbocycles. The molecule has 1 N–H and O–H groups in total. The summed E-state index contributed by atoms with van der Waals surface area (Å²) in [5, 5.41) is 7.71. The number of sulfone groups is 1. The Morgan fingerprint density at radius 2 is 1.67 bits per heavy atom. The Morgan fingerprint density at radius 3 is 2.33 bits per heavy atom. The highest BCUT2D eigenvalue weighted by Crippen LogP contribution is 2.24. The number of halogens is 1. The normalized spacial score (nSPS) is 11.3. The van der Waals surface area contributed by atoms with Crippen LogP contribution in [0.1, 0.15) is 21.5 Å². The van der Waals surface area contributed by atoms with Gasteiger partial charge in [-0.25, -0.2) is 8.42 Å². The molecule has 1 aromatic heterocycles. The molecule has 0 bridgehead atoms. The number of aromatic nitrogens is 2. The van der Waals surface area contributed by atoms with Gasteiger partial charge in [0.05, 0.1) is 22.2 Å². The van der Waals surface area contributed by atoms with Gasteiger partial charge in [0.25, 0.3) is 5.91 Å². The number of amides is 1. The Morgan fingerprint density at radius 1 is 1.00 bits per heavy atom. The van der Waals surface area contributed by atoms with E-state index in [-0.39, 0.29) is 22.0 Å². The Labute approximate surface area is 197 Å². The lowest BCUT2D eigenvalue weighted by Crippen LogP contribution is -2.23. The lowest BCUT2D eigenvalue weighted by molar-refractivity contribution is 0.0950. The second-order valence-electron chi connectivity index (χ2n) is 7.65. The molecule has 0 aliphatic rings. The fraction of sp³-hybridized carbons (Fsp3) is 0.120. The van der Waals surface area contributed by atoms with E-state index in [2.05, 4.69) is 5.32 Å². The summed E-state index contributed by atoms with van der Waals surface area (Å²) in [6.45, 7) is 0.832. The molecule has 4 rings (SSSR count). The summed E-state index contributed by atoms with van der Waals surface area (Å²) in [5.41, 5.74) is 3.91. The predicted molar refractivity (Wildman–Crippen MR) is 129 cm³/mol. The topological polar surface area (TPSA) is 81.1 Å². The lowest BCUT2D eigenvalue weighted by Gasteiger charge is -2.08. The third kappa shape index (κ3) is 5.50. The first-order chi connectivity index (χ1) is 15.8. The Hall–Kier alpha value is -3.42. The molecule has 0 aliphatic carbocycles. The maximum absolute atomic E-state index is 12.8. The standard InChI is InChI=1S/C25H22ClN3O3S/c1-33(31,32)23-14-20(12-13-22(23)26)25(30)27-15-21-17-29(16-18-8-4-2-5-9-18)28-24(21)19-10-6-3-7-11-19/h2-14,17H,15-16H2,1H3,(H,27,30). The zero-order chi connectivity index (χ0) is 23.4. The quantitative estimate of drug-likeness (QED) is 0.420. The molecule has 0 fully saturated rings. The minimum Gasteiger partial charge on any atom is -0.348 e. The molecule has 0 unspecified atom stereocenters. The zero-order valence-electron chi connectivity index (χ0n) is 17.9. The van der Waals surface area contributed by atoms with Crippen molar-refractivity contribution in [1.29, 1.82) is 0 Å². The Kier molecular flexibility index (Phi) is 6.62. The Balaban J connectivity index is 1.59. The van der Waals surface area contributed by atoms with Crippen LogP contribution in [0.2, 0.25) is 5.02 Å². The van der Waals surface area contributed by atoms with Crippen LogP contribution in [0.15, 0.2) is 90.0 Å². The van der Waals surface area contributed by atoms with Gasteiger partial charge in [0.15, 0.2) is 9.84 Å². The molecule has 0 saturated carbocycles. The van der Waals surface area contributed by atoms with E-state index in [9.17, 15) is 13.2 Å². The maximum atomic E-state index is 12.8. The van der Waals surface area contributed by atoms with Crippen LogP contribution in [0.25, 0.3) is 11.3 Å². The number of nitrogens with one attached hydrogen (secondary N) is 1. The molecule has 0 aliphatic heterocycles. The van der Waals surface area contributed by atoms with Crippen molar-refractivity contribution in [1.82, 2.24) is 15.1 Å². The van der Waals surface area contributed by atoms with Crippen molar-refractivity contribution in [3.05, 3.63) is 107 Å². The number of carbonyl (C=O) groups is 1. The summed E-state index contributed by atoms with van der Waals surface area (Å²) in [5.74, 6) is -0.397. The summed E-state index contributed by atoms with van der Waals surface area (Å²) in [6.07, 6.45) is 2.97. The van der Waals surface area contributed by atoms with E-state index < -0.39 is 15.7 Å². The van der Waals surface area contributed by atoms with Crippen LogP contribution in [0.5, 0.6) is 0 Å². The number of carbonyl (C=O) groups excluding carboxylic acids is 1. The molecule has 1 heterocycles. The molecular weight excluding hydrogens is 458 g/mol. The van der Waals surface area contributed by atoms with Crippen LogP contribution >= 0.6 is 11.6 Å². The summed E-state index contributed by atoms with van der Waals surface area (Å²) in [4.78, 5) is 12.7. The second-order valence-corrected chi connectivity index (χ2v) is 10.0. The number of rotatable bonds is 7. The van der Waals surface area contributed by atoms with E-state index in [0.29, 0.717) is 6.54 Å². The molecule has 0 atom stereocenters. The first kappa shape index (κ1) is 22.8. The fourth-order valence-electron chi connectivity index (χ4n) is 3.49. The number of hydrogen-bond donors (Lipinski definition) is 1. The third-order valence-corrected chi connectivity index (χ3v) is 6.68. The minimum atomic E-state index is -3.55. The van der Waals surface area contributed by atoms with Gasteiger partial charge in [0.1, 0.15) is 0 Å². The SMILES string of the molecule is CS(=O)(=O)c1cc(C(=O)NCc2cn(Cc3ccccc3)nc2-c2ccccc2)ccc1Cl. The van der Waals surface area contributed by atoms with Crippen molar-refractivity contribution in [3.63, 3.8) is 0 Å². The molecule has 4 aromatic rings. The van der Waals surface area contributed by atoms with Crippen molar-refractivity contribution in [3.8, 4) is 11.3 Å². The monoisotopic (exact) mass is 479 g/mol. The first-order valence-corrected chi connectivity index (χ1v) is 12.5. The average Bonchev–Trinajstić information content (AvgIpc) is 3.21. The number of benzene rings is 3. The van der Waals surface area contributed by atoms with E-state index in [4.69, 9.17) is 16.7 Å². The first-order valence-electron chi connectivity index (χ1n) is 10.2. The van der Waals surface area contributed by atoms with Crippen LogP contribution in [-0.2, 0) is 22.9 Å². The van der Waals surface area contributed by atoms with E-state index in [1.54, 1.807) is 0 Å². The summed E-state index contributed by atoms with van der Waals surface area (Å²) < 4.78 is 25.7. The van der Waals surface area contributed by atoms with Crippen LogP contribution in [0, 0.1) is 0 Å². The summed E-state index contributed by atoms with van der Waals surface area (Å²) in [6, 6.07) is 24.0. The zero-order valence-corrected chi connectivity index (χ0v) is 19.5. The third-order valence-electron chi connectivity index (χ3n) is 5.10. The van der Waals surface area contributed by atoms with E-state index in [0.717, 1.165) is 28.6 Å². The largest absolute Gasteiger partial charge is 0.348 e. The van der Waals surface area contributed by atoms with E-state index in [1.807, 2.05) is 71.5 Å². The van der Waals surface area contributed by atoms with Crippen LogP contribution in [0.3, 0.4) is 0 Å². The lowest BCUT2D eigenvalue weighted by atomic mass is 10.1. The molecule has 6 nitrogen and oxygen atoms in total. The van der Waals surface area contributed by atoms with Crippen LogP contribution in [-0.4, -0.2) is 30.4 Å². The van der Waals surface area contributed by atoms with Crippen molar-refractivity contribution < 1.29 is 13.2 Å². The van der Waals surface area contributed by atoms with Gasteiger partial charge in [-0.3, -0.25) is 9.48 Å². The molecule has 1 amide bonds. The van der Waals surface area contributed by atoms with Crippen LogP contribution < -0.4 is 5.32 Å². The van der Waals surface area contributed by atoms with Crippen molar-refractivity contribution >= 4 is 27.3 Å². The second kappa shape index (κ2) is 9.60. The summed E-state index contributed by atoms with van der Waals surface area (Å²) >= 11 is 5.99. The van der Waals surface area contributed by atoms with Crippen LogP contribution in [0.4, 0.5) is 0 Å². The average molecular weight is 480 g/mol. The highest BCUT2D eigenvalue weighted by Gasteiger charge is 2.17. The smallest absolute Gasteiger partial charge is 0.251 e. The van der Waals surface area contributed by atoms with Gasteiger partial charge >= 0.3 is 0 Å². The molecule has 168 valence electrons. The van der Waals surface area contributed by atoms with Gasteiger partial charge in [-0.1, -0.05) is 72.3 Å². The molecular formula is C25H22ClN3O3S. The highest BCUT2D eigenvalue weighted by molar-refractivity contribution is 7.90. The maximum Gasteiger partial charge on any atom is 0.251 e. The minimum absolute atomic E-state index is 0.0718. The Bertz CT molecular complexity index is 1390. The van der Waals surface area contributed by atoms with E-state index in [1.165, 1.54) is 18.2 Å². The number of nitrogens with zero attached hydrogens (tertiary/aromatic N) is 2. The van der Waals surface area contributed by atoms with E-state index >= 15 is 0 Å². The highest BCUT2D eigenvalue weighted by atomic mass is 35.5. The predicted octanol–water partition coefficient (Wildman–Crippen LogP) is 4.59. The van der Waals surface area contributed by atoms with Gasteiger partial charge in [-0.05, 0) is 23.8 Å². The van der Waals surface area contributed by atoms with Crippen molar-refractivity contribution in [2.45, 2.75) is 18.0 Å². The molecule has 0 spiro atoms. The molecule has 8 heteroatoms. The van der Waals surface area contributed by atoms with Gasteiger partial charge in [0.2, 0.25) is 0 Å². The fourth-order valence-corrected chi connectivity index (χ4v) is 4.79. The van der Waals surface area contributed by atoms with Crippen molar-refractivity contribution in [2.75, 3.05) is 6.26 Å². The molecule has 0 radical (unpaired) electrons. The molecule has 33 heavy (non-hydrogen) atoms. The van der Waals surface area contributed by atoms with Gasteiger partial charge in [-0.15, -0.1) is 0 Å².